The molecule has 2 aliphatic rings. The number of aromatic nitrogens is 6. The minimum atomic E-state index is -3.87. The summed E-state index contributed by atoms with van der Waals surface area (Å²) in [4.78, 5) is 17.4. The van der Waals surface area contributed by atoms with Gasteiger partial charge >= 0.3 is 5.92 Å². The number of hydrogen-bond acceptors (Lipinski definition) is 7. The minimum Gasteiger partial charge on any atom is -0.481 e. The number of carbonyl (C=O) groups is 1. The van der Waals surface area contributed by atoms with E-state index in [1.807, 2.05) is 0 Å². The molecule has 3 aromatic heterocycles. The first-order valence-electron chi connectivity index (χ1n) is 10.5. The quantitative estimate of drug-likeness (QED) is 0.479. The fourth-order valence-corrected chi connectivity index (χ4v) is 4.18. The number of aryl methyl sites for hydroxylation is 1. The highest BCUT2D eigenvalue weighted by atomic mass is 19.3. The maximum absolute atomic E-state index is 15.8. The molecule has 35 heavy (non-hydrogen) atoms. The number of amides is 1. The van der Waals surface area contributed by atoms with E-state index in [-0.39, 0.29) is 35.0 Å². The normalized spacial score (nSPS) is 17.2. The lowest BCUT2D eigenvalue weighted by Crippen LogP contribution is -2.35. The van der Waals surface area contributed by atoms with Gasteiger partial charge in [-0.05, 0) is 12.1 Å². The van der Waals surface area contributed by atoms with Crippen LogP contribution in [0.3, 0.4) is 0 Å². The zero-order valence-corrected chi connectivity index (χ0v) is 18.4. The third-order valence-electron chi connectivity index (χ3n) is 6.06. The lowest BCUT2D eigenvalue weighted by atomic mass is 10.0. The Morgan fingerprint density at radius 2 is 2.03 bits per heavy atom. The monoisotopic (exact) mass is 482 g/mol. The van der Waals surface area contributed by atoms with Gasteiger partial charge in [0.15, 0.2) is 18.2 Å². The van der Waals surface area contributed by atoms with E-state index in [9.17, 15) is 4.79 Å². The van der Waals surface area contributed by atoms with Crippen molar-refractivity contribution in [2.24, 2.45) is 7.05 Å². The molecule has 0 saturated carbocycles. The van der Waals surface area contributed by atoms with Crippen molar-refractivity contribution in [3.8, 4) is 5.75 Å². The predicted octanol–water partition coefficient (Wildman–Crippen LogP) is 2.51. The zero-order valence-electron chi connectivity index (χ0n) is 18.4. The first-order valence-corrected chi connectivity index (χ1v) is 10.5. The van der Waals surface area contributed by atoms with Crippen LogP contribution >= 0.6 is 0 Å². The van der Waals surface area contributed by atoms with E-state index < -0.39 is 29.2 Å². The van der Waals surface area contributed by atoms with Gasteiger partial charge in [0.25, 0.3) is 5.91 Å². The van der Waals surface area contributed by atoms with Gasteiger partial charge < -0.3 is 15.1 Å². The largest absolute Gasteiger partial charge is 0.481 e. The molecule has 4 aromatic rings. The third-order valence-corrected chi connectivity index (χ3v) is 6.06. The number of alkyl halides is 2. The van der Waals surface area contributed by atoms with E-state index in [0.717, 1.165) is 22.4 Å². The molecule has 178 valence electrons. The Kier molecular flexibility index (Phi) is 4.40. The number of nitrogens with zero attached hydrogens (tertiary/aromatic N) is 7. The van der Waals surface area contributed by atoms with Crippen molar-refractivity contribution in [2.45, 2.75) is 12.0 Å². The molecule has 0 radical (unpaired) electrons. The summed E-state index contributed by atoms with van der Waals surface area (Å²) in [5.74, 6) is -5.82. The van der Waals surface area contributed by atoms with Crippen LogP contribution in [-0.2, 0) is 17.8 Å². The molecule has 2 aliphatic heterocycles. The summed E-state index contributed by atoms with van der Waals surface area (Å²) in [7, 11) is 3.27. The molecular weight excluding hydrogens is 465 g/mol. The number of fused-ring (bicyclic) bond motifs is 4. The molecule has 1 amide bonds. The summed E-state index contributed by atoms with van der Waals surface area (Å²) in [6.07, 6.45) is 7.99. The summed E-state index contributed by atoms with van der Waals surface area (Å²) in [6, 6.07) is 1.43. The van der Waals surface area contributed by atoms with Crippen LogP contribution in [0, 0.1) is 5.82 Å². The van der Waals surface area contributed by atoms with Crippen LogP contribution in [0.2, 0.25) is 0 Å². The van der Waals surface area contributed by atoms with E-state index in [1.54, 1.807) is 36.3 Å². The van der Waals surface area contributed by atoms with E-state index in [2.05, 4.69) is 25.7 Å². The van der Waals surface area contributed by atoms with Crippen LogP contribution in [0.25, 0.3) is 17.0 Å². The summed E-state index contributed by atoms with van der Waals surface area (Å²) < 4.78 is 54.8. The number of nitrogens with one attached hydrogen (secondary N) is 1. The first kappa shape index (κ1) is 21.1. The Bertz CT molecular complexity index is 1540. The lowest BCUT2D eigenvalue weighted by molar-refractivity contribution is -0.120. The number of benzene rings is 1. The number of ether oxygens (including phenoxy) is 1. The van der Waals surface area contributed by atoms with Crippen LogP contribution in [-0.4, -0.2) is 49.2 Å². The van der Waals surface area contributed by atoms with Crippen molar-refractivity contribution in [3.05, 3.63) is 65.4 Å². The van der Waals surface area contributed by atoms with E-state index >= 15 is 13.2 Å². The summed E-state index contributed by atoms with van der Waals surface area (Å²) >= 11 is 0. The number of hydrogen-bond donors (Lipinski definition) is 1. The van der Waals surface area contributed by atoms with Crippen molar-refractivity contribution in [3.63, 3.8) is 0 Å². The van der Waals surface area contributed by atoms with Gasteiger partial charge in [-0.1, -0.05) is 6.08 Å². The van der Waals surface area contributed by atoms with Gasteiger partial charge in [0, 0.05) is 37.3 Å². The van der Waals surface area contributed by atoms with Gasteiger partial charge in [0.1, 0.15) is 11.5 Å². The van der Waals surface area contributed by atoms with Crippen LogP contribution in [0.4, 0.5) is 18.9 Å². The van der Waals surface area contributed by atoms with Gasteiger partial charge in [0.05, 0.1) is 29.5 Å². The van der Waals surface area contributed by atoms with E-state index in [4.69, 9.17) is 4.74 Å². The highest BCUT2D eigenvalue weighted by Crippen LogP contribution is 2.43. The average Bonchev–Trinajstić information content (AvgIpc) is 3.46. The van der Waals surface area contributed by atoms with E-state index in [1.165, 1.54) is 18.1 Å². The number of carbonyl (C=O) groups excluding carboxylic acids is 1. The molecule has 1 aromatic carbocycles. The number of halogens is 3. The molecule has 10 nitrogen and oxygen atoms in total. The van der Waals surface area contributed by atoms with Crippen molar-refractivity contribution < 1.29 is 22.7 Å². The smallest absolute Gasteiger partial charge is 0.336 e. The van der Waals surface area contributed by atoms with Gasteiger partial charge in [0.2, 0.25) is 5.82 Å². The molecule has 0 spiro atoms. The minimum absolute atomic E-state index is 0.115. The topological polar surface area (TPSA) is 103 Å². The maximum Gasteiger partial charge on any atom is 0.336 e. The number of pyridine rings is 1. The fourth-order valence-electron chi connectivity index (χ4n) is 4.18. The Morgan fingerprint density at radius 3 is 2.80 bits per heavy atom. The predicted molar refractivity (Wildman–Crippen MR) is 118 cm³/mol. The standard InChI is InChI=1S/C22H17F3N8O2/c1-31-9-11(7-27-31)15-3-4-18-28-29-21(33(18)30-15)22(24,25)13-5-12-16(6-14(13)23)26-8-17-20(12)35-10-19(34)32(17)2/h3-9,15,30H,10H2,1-2H3. The van der Waals surface area contributed by atoms with Crippen LogP contribution in [0.15, 0.2) is 36.8 Å². The second-order valence-corrected chi connectivity index (χ2v) is 8.27. The molecule has 0 saturated heterocycles. The average molecular weight is 482 g/mol. The molecular formula is C22H17F3N8O2. The number of anilines is 1. The van der Waals surface area contributed by atoms with Gasteiger partial charge in [-0.15, -0.1) is 10.2 Å². The Labute approximate surface area is 195 Å². The third kappa shape index (κ3) is 3.15. The molecule has 13 heteroatoms. The van der Waals surface area contributed by atoms with Gasteiger partial charge in [-0.3, -0.25) is 14.5 Å². The summed E-state index contributed by atoms with van der Waals surface area (Å²) in [5, 5.41) is 11.7. The molecule has 1 N–H and O–H groups in total. The van der Waals surface area contributed by atoms with Crippen LogP contribution in [0.1, 0.15) is 28.8 Å². The first-order chi connectivity index (χ1) is 16.7. The highest BCUT2D eigenvalue weighted by Gasteiger charge is 2.44. The molecule has 0 aliphatic carbocycles. The second-order valence-electron chi connectivity index (χ2n) is 8.27. The molecule has 1 unspecified atom stereocenters. The van der Waals surface area contributed by atoms with Crippen LogP contribution < -0.4 is 15.1 Å². The Morgan fingerprint density at radius 1 is 1.20 bits per heavy atom. The lowest BCUT2D eigenvalue weighted by Gasteiger charge is -2.27. The highest BCUT2D eigenvalue weighted by molar-refractivity contribution is 6.02. The molecule has 0 bridgehead atoms. The van der Waals surface area contributed by atoms with E-state index in [0.29, 0.717) is 5.69 Å². The van der Waals surface area contributed by atoms with Crippen LogP contribution in [0.5, 0.6) is 5.75 Å². The number of rotatable bonds is 3. The maximum atomic E-state index is 15.8. The molecule has 6 rings (SSSR count). The van der Waals surface area contributed by atoms with Gasteiger partial charge in [-0.2, -0.15) is 13.9 Å². The summed E-state index contributed by atoms with van der Waals surface area (Å²) in [6.45, 7) is -0.268. The number of likely N-dealkylation sites (N-methyl/N-ethyl adjacent to an activating group) is 1. The van der Waals surface area contributed by atoms with Crippen molar-refractivity contribution in [1.29, 1.82) is 0 Å². The van der Waals surface area contributed by atoms with Crippen molar-refractivity contribution >= 4 is 28.6 Å². The fraction of sp³-hybridized carbons (Fsp3) is 0.227. The Hall–Kier alpha value is -4.42. The zero-order chi connectivity index (χ0) is 24.5. The Balaban J connectivity index is 1.45. The van der Waals surface area contributed by atoms with Crippen molar-refractivity contribution in [2.75, 3.05) is 24.0 Å². The molecule has 0 fully saturated rings. The molecule has 5 heterocycles. The SMILES string of the molecule is CN1C(=O)COc2c1cnc1cc(F)c(C(F)(F)c3nnc4n3NC(c3cnn(C)c3)C=C4)cc21. The summed E-state index contributed by atoms with van der Waals surface area (Å²) in [5.41, 5.74) is 3.17. The molecule has 1 atom stereocenters. The second kappa shape index (κ2) is 7.29. The van der Waals surface area contributed by atoms with Gasteiger partial charge in [-0.25, -0.2) is 9.07 Å². The van der Waals surface area contributed by atoms with Crippen molar-refractivity contribution in [1.82, 2.24) is 29.6 Å².